The number of anilines is 1. The third kappa shape index (κ3) is 2.26. The standard InChI is InChI=1S/C16H23N3O/c1-6-18-14(16(3,4)5)13(17)15(20)19(18)12-9-7-8-11(2)10-12/h7-10H,6,17H2,1-5H3. The van der Waals surface area contributed by atoms with Gasteiger partial charge >= 0.3 is 0 Å². The molecule has 2 aromatic rings. The molecule has 1 aromatic heterocycles. The first-order chi connectivity index (χ1) is 9.27. The topological polar surface area (TPSA) is 52.9 Å². The highest BCUT2D eigenvalue weighted by molar-refractivity contribution is 5.49. The van der Waals surface area contributed by atoms with E-state index in [2.05, 4.69) is 20.8 Å². The van der Waals surface area contributed by atoms with Crippen LogP contribution in [0.1, 0.15) is 39.0 Å². The first kappa shape index (κ1) is 14.4. The molecule has 0 fully saturated rings. The molecule has 2 rings (SSSR count). The SMILES string of the molecule is CCn1c(C(C)(C)C)c(N)c(=O)n1-c1cccc(C)c1. The average molecular weight is 273 g/mol. The number of nitrogens with zero attached hydrogens (tertiary/aromatic N) is 2. The van der Waals surface area contributed by atoms with Gasteiger partial charge in [-0.25, -0.2) is 4.68 Å². The van der Waals surface area contributed by atoms with Crippen molar-refractivity contribution in [2.45, 2.75) is 46.6 Å². The molecule has 0 amide bonds. The van der Waals surface area contributed by atoms with Gasteiger partial charge in [-0.15, -0.1) is 0 Å². The molecule has 2 N–H and O–H groups in total. The molecular formula is C16H23N3O. The molecule has 0 unspecified atom stereocenters. The van der Waals surface area contributed by atoms with Crippen LogP contribution >= 0.6 is 0 Å². The lowest BCUT2D eigenvalue weighted by Gasteiger charge is -2.22. The zero-order valence-corrected chi connectivity index (χ0v) is 12.9. The van der Waals surface area contributed by atoms with E-state index in [0.29, 0.717) is 12.2 Å². The van der Waals surface area contributed by atoms with Gasteiger partial charge in [0, 0.05) is 12.0 Å². The largest absolute Gasteiger partial charge is 0.393 e. The van der Waals surface area contributed by atoms with Gasteiger partial charge in [0.25, 0.3) is 5.56 Å². The smallest absolute Gasteiger partial charge is 0.294 e. The summed E-state index contributed by atoms with van der Waals surface area (Å²) in [6.45, 7) is 11.0. The van der Waals surface area contributed by atoms with Gasteiger partial charge in [0.1, 0.15) is 5.69 Å². The quantitative estimate of drug-likeness (QED) is 0.914. The highest BCUT2D eigenvalue weighted by Gasteiger charge is 2.27. The third-order valence-electron chi connectivity index (χ3n) is 3.43. The summed E-state index contributed by atoms with van der Waals surface area (Å²) in [4.78, 5) is 12.5. The van der Waals surface area contributed by atoms with E-state index in [9.17, 15) is 4.79 Å². The first-order valence-electron chi connectivity index (χ1n) is 6.96. The molecule has 0 aliphatic carbocycles. The van der Waals surface area contributed by atoms with Crippen LogP contribution in [0.2, 0.25) is 0 Å². The average Bonchev–Trinajstić information content (AvgIpc) is 2.61. The summed E-state index contributed by atoms with van der Waals surface area (Å²) in [5.74, 6) is 0. The van der Waals surface area contributed by atoms with E-state index in [1.54, 1.807) is 4.68 Å². The minimum absolute atomic E-state index is 0.137. The fourth-order valence-electron chi connectivity index (χ4n) is 2.67. The second kappa shape index (κ2) is 4.85. The predicted molar refractivity (Wildman–Crippen MR) is 83.6 cm³/mol. The van der Waals surface area contributed by atoms with E-state index >= 15 is 0 Å². The monoisotopic (exact) mass is 273 g/mol. The third-order valence-corrected chi connectivity index (χ3v) is 3.43. The summed E-state index contributed by atoms with van der Waals surface area (Å²) in [7, 11) is 0. The molecular weight excluding hydrogens is 250 g/mol. The van der Waals surface area contributed by atoms with E-state index in [0.717, 1.165) is 16.9 Å². The molecule has 0 atom stereocenters. The van der Waals surface area contributed by atoms with E-state index in [1.165, 1.54) is 0 Å². The summed E-state index contributed by atoms with van der Waals surface area (Å²) in [6.07, 6.45) is 0. The van der Waals surface area contributed by atoms with Crippen LogP contribution in [0.25, 0.3) is 5.69 Å². The minimum Gasteiger partial charge on any atom is -0.393 e. The van der Waals surface area contributed by atoms with Gasteiger partial charge in [-0.05, 0) is 31.5 Å². The summed E-state index contributed by atoms with van der Waals surface area (Å²) in [5, 5.41) is 0. The van der Waals surface area contributed by atoms with Gasteiger partial charge in [-0.2, -0.15) is 0 Å². The number of hydrogen-bond acceptors (Lipinski definition) is 2. The van der Waals surface area contributed by atoms with E-state index in [-0.39, 0.29) is 11.0 Å². The van der Waals surface area contributed by atoms with Crippen molar-refractivity contribution in [2.75, 3.05) is 5.73 Å². The Kier molecular flexibility index (Phi) is 3.50. The number of benzene rings is 1. The van der Waals surface area contributed by atoms with Crippen molar-refractivity contribution >= 4 is 5.69 Å². The van der Waals surface area contributed by atoms with Crippen LogP contribution in [-0.2, 0) is 12.0 Å². The van der Waals surface area contributed by atoms with Crippen molar-refractivity contribution in [1.29, 1.82) is 0 Å². The zero-order chi connectivity index (χ0) is 15.1. The van der Waals surface area contributed by atoms with Crippen LogP contribution in [0.5, 0.6) is 0 Å². The number of nitrogen functional groups attached to an aromatic ring is 1. The van der Waals surface area contributed by atoms with Gasteiger partial charge in [0.05, 0.1) is 11.4 Å². The molecule has 1 aromatic carbocycles. The van der Waals surface area contributed by atoms with Gasteiger partial charge in [-0.3, -0.25) is 9.48 Å². The van der Waals surface area contributed by atoms with Crippen molar-refractivity contribution in [3.8, 4) is 5.69 Å². The normalized spacial score (nSPS) is 11.8. The molecule has 0 bridgehead atoms. The van der Waals surface area contributed by atoms with E-state index < -0.39 is 0 Å². The Morgan fingerprint density at radius 1 is 1.25 bits per heavy atom. The Hall–Kier alpha value is -1.97. The summed E-state index contributed by atoms with van der Waals surface area (Å²) < 4.78 is 3.66. The summed E-state index contributed by atoms with van der Waals surface area (Å²) in [5.41, 5.74) is 9.00. The Morgan fingerprint density at radius 2 is 1.90 bits per heavy atom. The zero-order valence-electron chi connectivity index (χ0n) is 12.9. The molecule has 0 aliphatic heterocycles. The highest BCUT2D eigenvalue weighted by Crippen LogP contribution is 2.27. The highest BCUT2D eigenvalue weighted by atomic mass is 16.1. The Labute approximate surface area is 119 Å². The number of hydrogen-bond donors (Lipinski definition) is 1. The number of aryl methyl sites for hydroxylation is 1. The second-order valence-electron chi connectivity index (χ2n) is 6.18. The second-order valence-corrected chi connectivity index (χ2v) is 6.18. The fraction of sp³-hybridized carbons (Fsp3) is 0.438. The van der Waals surface area contributed by atoms with E-state index in [4.69, 9.17) is 5.73 Å². The van der Waals surface area contributed by atoms with Crippen LogP contribution in [-0.4, -0.2) is 9.36 Å². The maximum Gasteiger partial charge on any atom is 0.294 e. The number of nitrogens with two attached hydrogens (primary N) is 1. The van der Waals surface area contributed by atoms with Gasteiger partial charge in [0.15, 0.2) is 0 Å². The van der Waals surface area contributed by atoms with Crippen LogP contribution in [0.15, 0.2) is 29.1 Å². The van der Waals surface area contributed by atoms with Gasteiger partial charge in [-0.1, -0.05) is 32.9 Å². The van der Waals surface area contributed by atoms with Crippen molar-refractivity contribution in [3.63, 3.8) is 0 Å². The summed E-state index contributed by atoms with van der Waals surface area (Å²) >= 11 is 0. The maximum atomic E-state index is 12.5. The van der Waals surface area contributed by atoms with Crippen LogP contribution < -0.4 is 11.3 Å². The van der Waals surface area contributed by atoms with Gasteiger partial charge in [0.2, 0.25) is 0 Å². The lowest BCUT2D eigenvalue weighted by Crippen LogP contribution is -2.24. The van der Waals surface area contributed by atoms with E-state index in [1.807, 2.05) is 42.8 Å². The Bertz CT molecular complexity index is 687. The van der Waals surface area contributed by atoms with Crippen LogP contribution in [0.4, 0.5) is 5.69 Å². The molecule has 4 heteroatoms. The first-order valence-corrected chi connectivity index (χ1v) is 6.96. The minimum atomic E-state index is -0.172. The van der Waals surface area contributed by atoms with Crippen LogP contribution in [0, 0.1) is 6.92 Å². The summed E-state index contributed by atoms with van der Waals surface area (Å²) in [6, 6.07) is 7.91. The van der Waals surface area contributed by atoms with Crippen molar-refractivity contribution in [1.82, 2.24) is 9.36 Å². The predicted octanol–water partition coefficient (Wildman–Crippen LogP) is 2.85. The van der Waals surface area contributed by atoms with Crippen molar-refractivity contribution < 1.29 is 0 Å². The lowest BCUT2D eigenvalue weighted by molar-refractivity contribution is 0.470. The molecule has 1 heterocycles. The Balaban J connectivity index is 2.82. The molecule has 0 spiro atoms. The van der Waals surface area contributed by atoms with Gasteiger partial charge < -0.3 is 5.73 Å². The molecule has 20 heavy (non-hydrogen) atoms. The molecule has 4 nitrogen and oxygen atoms in total. The molecule has 108 valence electrons. The maximum absolute atomic E-state index is 12.5. The number of rotatable bonds is 2. The molecule has 0 aliphatic rings. The number of aromatic nitrogens is 2. The van der Waals surface area contributed by atoms with Crippen molar-refractivity contribution in [2.24, 2.45) is 0 Å². The van der Waals surface area contributed by atoms with Crippen LogP contribution in [0.3, 0.4) is 0 Å². The molecule has 0 saturated heterocycles. The molecule has 0 saturated carbocycles. The lowest BCUT2D eigenvalue weighted by atomic mass is 9.91. The van der Waals surface area contributed by atoms with Crippen molar-refractivity contribution in [3.05, 3.63) is 45.9 Å². The molecule has 0 radical (unpaired) electrons. The fourth-order valence-corrected chi connectivity index (χ4v) is 2.67. The Morgan fingerprint density at radius 3 is 2.40 bits per heavy atom.